The van der Waals surface area contributed by atoms with E-state index >= 15 is 0 Å². The first-order chi connectivity index (χ1) is 18.7. The summed E-state index contributed by atoms with van der Waals surface area (Å²) in [5.41, 5.74) is 4.52. The van der Waals surface area contributed by atoms with Crippen LogP contribution in [0.1, 0.15) is 27.7 Å². The number of piperazine rings is 1. The third-order valence-corrected chi connectivity index (χ3v) is 8.19. The highest BCUT2D eigenvalue weighted by Crippen LogP contribution is 2.31. The van der Waals surface area contributed by atoms with Crippen molar-refractivity contribution in [3.05, 3.63) is 130 Å². The number of carbonyl (C=O) groups is 1. The average molecular weight is 539 g/mol. The van der Waals surface area contributed by atoms with E-state index in [1.807, 2.05) is 52.7 Å². The smallest absolute Gasteiger partial charge is 0.272 e. The van der Waals surface area contributed by atoms with E-state index in [-0.39, 0.29) is 11.9 Å². The van der Waals surface area contributed by atoms with Crippen LogP contribution in [0, 0.1) is 0 Å². The Morgan fingerprint density at radius 3 is 2.03 bits per heavy atom. The quantitative estimate of drug-likeness (QED) is 0.239. The molecule has 1 amide bonds. The predicted octanol–water partition coefficient (Wildman–Crippen LogP) is 6.80. The Hall–Kier alpha value is -3.71. The second-order valence-electron chi connectivity index (χ2n) is 9.31. The van der Waals surface area contributed by atoms with Gasteiger partial charge in [-0.1, -0.05) is 90.5 Å². The molecule has 0 radical (unpaired) electrons. The van der Waals surface area contributed by atoms with Crippen molar-refractivity contribution in [2.75, 3.05) is 26.2 Å². The Morgan fingerprint density at radius 2 is 1.42 bits per heavy atom. The van der Waals surface area contributed by atoms with Crippen LogP contribution in [0.25, 0.3) is 16.3 Å². The summed E-state index contributed by atoms with van der Waals surface area (Å²) >= 11 is 8.14. The second kappa shape index (κ2) is 11.0. The van der Waals surface area contributed by atoms with Gasteiger partial charge >= 0.3 is 0 Å². The molecule has 1 saturated heterocycles. The van der Waals surface area contributed by atoms with Gasteiger partial charge in [0.15, 0.2) is 0 Å². The molecule has 0 bridgehead atoms. The summed E-state index contributed by atoms with van der Waals surface area (Å²) in [7, 11) is 0. The minimum atomic E-state index is -0.0316. The number of para-hydroxylation sites is 1. The molecule has 190 valence electrons. The van der Waals surface area contributed by atoms with Gasteiger partial charge in [0, 0.05) is 26.2 Å². The van der Waals surface area contributed by atoms with Crippen LogP contribution in [0.5, 0.6) is 0 Å². The van der Waals surface area contributed by atoms with E-state index in [2.05, 4.69) is 65.6 Å². The summed E-state index contributed by atoms with van der Waals surface area (Å²) in [5, 5.41) is 7.38. The molecule has 5 aromatic rings. The van der Waals surface area contributed by atoms with Gasteiger partial charge in [0.2, 0.25) is 0 Å². The molecule has 38 heavy (non-hydrogen) atoms. The Balaban J connectivity index is 1.27. The molecule has 6 rings (SSSR count). The molecule has 3 aromatic carbocycles. The van der Waals surface area contributed by atoms with Crippen molar-refractivity contribution in [3.8, 4) is 16.3 Å². The monoisotopic (exact) mass is 538 g/mol. The van der Waals surface area contributed by atoms with Gasteiger partial charge in [-0.15, -0.1) is 11.3 Å². The summed E-state index contributed by atoms with van der Waals surface area (Å²) in [6.07, 6.45) is 0. The van der Waals surface area contributed by atoms with Crippen LogP contribution in [-0.4, -0.2) is 51.7 Å². The minimum Gasteiger partial charge on any atom is -0.335 e. The minimum absolute atomic E-state index is 0.0316. The molecule has 7 heteroatoms. The zero-order chi connectivity index (χ0) is 25.9. The Morgan fingerprint density at radius 1 is 0.789 bits per heavy atom. The molecular weight excluding hydrogens is 512 g/mol. The number of halogens is 1. The molecule has 0 unspecified atom stereocenters. The lowest BCUT2D eigenvalue weighted by Gasteiger charge is -2.39. The third-order valence-electron chi connectivity index (χ3n) is 6.98. The zero-order valence-corrected chi connectivity index (χ0v) is 22.4. The van der Waals surface area contributed by atoms with Crippen molar-refractivity contribution in [2.24, 2.45) is 0 Å². The number of aromatic nitrogens is 2. The maximum Gasteiger partial charge on any atom is 0.272 e. The lowest BCUT2D eigenvalue weighted by atomic mass is 9.96. The van der Waals surface area contributed by atoms with Gasteiger partial charge in [0.1, 0.15) is 11.4 Å². The van der Waals surface area contributed by atoms with Crippen LogP contribution < -0.4 is 0 Å². The van der Waals surface area contributed by atoms with Gasteiger partial charge in [-0.05, 0) is 40.8 Å². The van der Waals surface area contributed by atoms with Gasteiger partial charge in [-0.2, -0.15) is 5.10 Å². The van der Waals surface area contributed by atoms with Gasteiger partial charge < -0.3 is 4.90 Å². The molecule has 1 aliphatic rings. The van der Waals surface area contributed by atoms with E-state index < -0.39 is 0 Å². The summed E-state index contributed by atoms with van der Waals surface area (Å²) in [6.45, 7) is 2.82. The van der Waals surface area contributed by atoms with Crippen LogP contribution in [0.4, 0.5) is 0 Å². The van der Waals surface area contributed by atoms with Crippen LogP contribution in [0.15, 0.2) is 109 Å². The molecule has 5 nitrogen and oxygen atoms in total. The summed E-state index contributed by atoms with van der Waals surface area (Å²) in [6, 6.07) is 34.8. The fourth-order valence-corrected chi connectivity index (χ4v) is 6.01. The number of nitrogens with zero attached hydrogens (tertiary/aromatic N) is 4. The average Bonchev–Trinajstić information content (AvgIpc) is 3.66. The maximum absolute atomic E-state index is 13.9. The highest BCUT2D eigenvalue weighted by atomic mass is 35.5. The molecule has 0 N–H and O–H groups in total. The molecule has 1 fully saturated rings. The van der Waals surface area contributed by atoms with Crippen molar-refractivity contribution in [1.82, 2.24) is 19.6 Å². The largest absolute Gasteiger partial charge is 0.335 e. The molecule has 0 saturated carbocycles. The Kier molecular flexibility index (Phi) is 7.10. The maximum atomic E-state index is 13.9. The van der Waals surface area contributed by atoms with Crippen molar-refractivity contribution in [3.63, 3.8) is 0 Å². The first kappa shape index (κ1) is 24.6. The van der Waals surface area contributed by atoms with Crippen LogP contribution in [0.3, 0.4) is 0 Å². The first-order valence-electron chi connectivity index (χ1n) is 12.7. The number of hydrogen-bond donors (Lipinski definition) is 0. The fourth-order valence-electron chi connectivity index (χ4n) is 5.12. The van der Waals surface area contributed by atoms with E-state index in [0.29, 0.717) is 29.5 Å². The van der Waals surface area contributed by atoms with Crippen LogP contribution in [0.2, 0.25) is 5.02 Å². The Labute approximate surface area is 231 Å². The second-order valence-corrected chi connectivity index (χ2v) is 10.7. The molecule has 3 heterocycles. The van der Waals surface area contributed by atoms with E-state index in [0.717, 1.165) is 23.7 Å². The number of thiophene rings is 1. The number of amides is 1. The summed E-state index contributed by atoms with van der Waals surface area (Å²) in [5.74, 6) is -0.0316. The van der Waals surface area contributed by atoms with E-state index in [1.54, 1.807) is 16.0 Å². The Bertz CT molecular complexity index is 1470. The number of rotatable bonds is 6. The molecule has 2 aromatic heterocycles. The molecule has 0 atom stereocenters. The number of benzene rings is 3. The van der Waals surface area contributed by atoms with Crippen LogP contribution >= 0.6 is 22.9 Å². The lowest BCUT2D eigenvalue weighted by Crippen LogP contribution is -2.50. The summed E-state index contributed by atoms with van der Waals surface area (Å²) in [4.78, 5) is 19.3. The first-order valence-corrected chi connectivity index (χ1v) is 14.0. The SMILES string of the molecule is O=C(c1cc(-c2cccs2)nn1-c1ccccc1Cl)N1CCN(C(c2ccccc2)c2ccccc2)CC1. The van der Waals surface area contributed by atoms with Crippen molar-refractivity contribution < 1.29 is 4.79 Å². The molecular formula is C31H27ClN4OS. The fraction of sp³-hybridized carbons (Fsp3) is 0.161. The van der Waals surface area contributed by atoms with Gasteiger partial charge in [-0.3, -0.25) is 9.69 Å². The van der Waals surface area contributed by atoms with Gasteiger partial charge in [-0.25, -0.2) is 4.68 Å². The predicted molar refractivity (Wildman–Crippen MR) is 154 cm³/mol. The molecule has 1 aliphatic heterocycles. The standard InChI is InChI=1S/C31H27ClN4OS/c32-25-14-7-8-15-27(25)36-28(22-26(33-36)29-16-9-21-38-29)31(37)35-19-17-34(18-20-35)30(23-10-3-1-4-11-23)24-12-5-2-6-13-24/h1-16,21-22,30H,17-20H2. The van der Waals surface area contributed by atoms with E-state index in [9.17, 15) is 4.79 Å². The highest BCUT2D eigenvalue weighted by molar-refractivity contribution is 7.13. The molecule has 0 aliphatic carbocycles. The lowest BCUT2D eigenvalue weighted by molar-refractivity contribution is 0.0589. The van der Waals surface area contributed by atoms with Gasteiger partial charge in [0.25, 0.3) is 5.91 Å². The summed E-state index contributed by atoms with van der Waals surface area (Å²) < 4.78 is 1.70. The van der Waals surface area contributed by atoms with Crippen molar-refractivity contribution in [1.29, 1.82) is 0 Å². The van der Waals surface area contributed by atoms with Crippen molar-refractivity contribution in [2.45, 2.75) is 6.04 Å². The van der Waals surface area contributed by atoms with E-state index in [4.69, 9.17) is 16.7 Å². The molecule has 0 spiro atoms. The number of hydrogen-bond acceptors (Lipinski definition) is 4. The van der Waals surface area contributed by atoms with Crippen LogP contribution in [-0.2, 0) is 0 Å². The highest BCUT2D eigenvalue weighted by Gasteiger charge is 2.30. The normalized spacial score (nSPS) is 14.2. The topological polar surface area (TPSA) is 41.4 Å². The third kappa shape index (κ3) is 4.90. The van der Waals surface area contributed by atoms with Gasteiger partial charge in [0.05, 0.1) is 21.6 Å². The van der Waals surface area contributed by atoms with Crippen molar-refractivity contribution >= 4 is 28.8 Å². The van der Waals surface area contributed by atoms with E-state index in [1.165, 1.54) is 11.1 Å². The zero-order valence-electron chi connectivity index (χ0n) is 20.8. The number of carbonyl (C=O) groups excluding carboxylic acids is 1.